The minimum absolute atomic E-state index is 0.0627. The van der Waals surface area contributed by atoms with Crippen LogP contribution in [-0.4, -0.2) is 52.7 Å². The summed E-state index contributed by atoms with van der Waals surface area (Å²) in [5.41, 5.74) is 1.95. The summed E-state index contributed by atoms with van der Waals surface area (Å²) in [5.74, 6) is 0.811. The fourth-order valence-corrected chi connectivity index (χ4v) is 4.48. The molecule has 6 nitrogen and oxygen atoms in total. The van der Waals surface area contributed by atoms with E-state index >= 15 is 0 Å². The van der Waals surface area contributed by atoms with Gasteiger partial charge in [0.15, 0.2) is 0 Å². The van der Waals surface area contributed by atoms with Crippen molar-refractivity contribution < 1.29 is 4.79 Å². The summed E-state index contributed by atoms with van der Waals surface area (Å²) < 4.78 is 4.49. The van der Waals surface area contributed by atoms with Gasteiger partial charge in [0.05, 0.1) is 0 Å². The summed E-state index contributed by atoms with van der Waals surface area (Å²) >= 11 is 9.04. The smallest absolute Gasteiger partial charge is 0.321 e. The molecule has 0 saturated carbocycles. The number of benzene rings is 2. The molecule has 0 radical (unpaired) electrons. The van der Waals surface area contributed by atoms with Crippen molar-refractivity contribution in [2.45, 2.75) is 11.3 Å². The highest BCUT2D eigenvalue weighted by molar-refractivity contribution is 7.98. The van der Waals surface area contributed by atoms with Gasteiger partial charge in [-0.25, -0.2) is 9.78 Å². The fourth-order valence-electron chi connectivity index (χ4n) is 3.21. The number of halogens is 1. The lowest BCUT2D eigenvalue weighted by Crippen LogP contribution is -2.50. The molecule has 2 heterocycles. The van der Waals surface area contributed by atoms with E-state index in [4.69, 9.17) is 11.6 Å². The molecule has 30 heavy (non-hydrogen) atoms. The second-order valence-corrected chi connectivity index (χ2v) is 8.98. The largest absolute Gasteiger partial charge is 0.343 e. The summed E-state index contributed by atoms with van der Waals surface area (Å²) in [6, 6.07) is 15.6. The molecule has 4 rings (SSSR count). The molecule has 0 atom stereocenters. The van der Waals surface area contributed by atoms with Gasteiger partial charge in [0.2, 0.25) is 5.13 Å². The lowest BCUT2D eigenvalue weighted by atomic mass is 10.1. The second-order valence-electron chi connectivity index (χ2n) is 6.93. The first-order chi connectivity index (χ1) is 14.6. The zero-order valence-electron chi connectivity index (χ0n) is 16.5. The zero-order valence-corrected chi connectivity index (χ0v) is 18.9. The van der Waals surface area contributed by atoms with Crippen LogP contribution in [0.15, 0.2) is 53.4 Å². The van der Waals surface area contributed by atoms with Crippen molar-refractivity contribution in [2.24, 2.45) is 0 Å². The van der Waals surface area contributed by atoms with E-state index in [-0.39, 0.29) is 6.03 Å². The second kappa shape index (κ2) is 9.68. The van der Waals surface area contributed by atoms with Crippen LogP contribution in [0.5, 0.6) is 0 Å². The Balaban J connectivity index is 1.29. The molecule has 1 aliphatic heterocycles. The minimum atomic E-state index is -0.0627. The van der Waals surface area contributed by atoms with E-state index in [9.17, 15) is 4.79 Å². The normalized spacial score (nSPS) is 14.1. The maximum Gasteiger partial charge on any atom is 0.321 e. The summed E-state index contributed by atoms with van der Waals surface area (Å²) in [6.45, 7) is 2.80. The molecule has 2 amide bonds. The van der Waals surface area contributed by atoms with E-state index in [2.05, 4.69) is 19.6 Å². The maximum absolute atomic E-state index is 12.6. The zero-order chi connectivity index (χ0) is 20.9. The molecule has 3 aromatic rings. The molecule has 156 valence electrons. The SMILES string of the molecule is CSc1ccc(NC(=O)N2CCN(c3nc(Cc4ccc(Cl)cc4)ns3)CC2)cc1. The van der Waals surface area contributed by atoms with E-state index in [1.54, 1.807) is 11.8 Å². The van der Waals surface area contributed by atoms with Crippen LogP contribution in [0.4, 0.5) is 15.6 Å². The summed E-state index contributed by atoms with van der Waals surface area (Å²) in [6.07, 6.45) is 2.72. The Kier molecular flexibility index (Phi) is 6.76. The molecule has 0 aliphatic carbocycles. The van der Waals surface area contributed by atoms with Crippen LogP contribution >= 0.6 is 34.9 Å². The monoisotopic (exact) mass is 459 g/mol. The number of carbonyl (C=O) groups excluding carboxylic acids is 1. The Labute approximate surface area is 189 Å². The average Bonchev–Trinajstić information content (AvgIpc) is 3.24. The number of hydrogen-bond acceptors (Lipinski definition) is 6. The highest BCUT2D eigenvalue weighted by Crippen LogP contribution is 2.22. The van der Waals surface area contributed by atoms with Gasteiger partial charge >= 0.3 is 6.03 Å². The van der Waals surface area contributed by atoms with Crippen molar-refractivity contribution in [1.82, 2.24) is 14.3 Å². The highest BCUT2D eigenvalue weighted by atomic mass is 35.5. The molecule has 1 fully saturated rings. The van der Waals surface area contributed by atoms with Gasteiger partial charge in [0.25, 0.3) is 0 Å². The van der Waals surface area contributed by atoms with Crippen LogP contribution in [0, 0.1) is 0 Å². The van der Waals surface area contributed by atoms with Crippen LogP contribution < -0.4 is 10.2 Å². The van der Waals surface area contributed by atoms with Gasteiger partial charge in [-0.15, -0.1) is 11.8 Å². The first-order valence-electron chi connectivity index (χ1n) is 9.62. The van der Waals surface area contributed by atoms with Crippen LogP contribution in [0.25, 0.3) is 0 Å². The Morgan fingerprint density at radius 2 is 1.80 bits per heavy atom. The number of rotatable bonds is 5. The summed E-state index contributed by atoms with van der Waals surface area (Å²) in [5, 5.41) is 4.61. The molecule has 9 heteroatoms. The van der Waals surface area contributed by atoms with E-state index < -0.39 is 0 Å². The molecule has 1 aromatic heterocycles. The first kappa shape index (κ1) is 21.0. The Morgan fingerprint density at radius 1 is 1.10 bits per heavy atom. The van der Waals surface area contributed by atoms with Crippen LogP contribution in [0.3, 0.4) is 0 Å². The van der Waals surface area contributed by atoms with Crippen LogP contribution in [0.1, 0.15) is 11.4 Å². The number of thioether (sulfide) groups is 1. The number of piperazine rings is 1. The van der Waals surface area contributed by atoms with E-state index in [1.807, 2.05) is 59.7 Å². The predicted molar refractivity (Wildman–Crippen MR) is 125 cm³/mol. The lowest BCUT2D eigenvalue weighted by molar-refractivity contribution is 0.208. The molecule has 0 unspecified atom stereocenters. The van der Waals surface area contributed by atoms with Crippen molar-refractivity contribution >= 4 is 51.7 Å². The third-order valence-electron chi connectivity index (χ3n) is 4.91. The molecular formula is C21H22ClN5OS2. The van der Waals surface area contributed by atoms with Crippen molar-refractivity contribution in [3.8, 4) is 0 Å². The molecule has 1 N–H and O–H groups in total. The van der Waals surface area contributed by atoms with Gasteiger partial charge in [-0.2, -0.15) is 4.37 Å². The molecule has 0 bridgehead atoms. The van der Waals surface area contributed by atoms with Crippen molar-refractivity contribution in [1.29, 1.82) is 0 Å². The fraction of sp³-hybridized carbons (Fsp3) is 0.286. The molecule has 1 aliphatic rings. The number of anilines is 2. The number of nitrogens with zero attached hydrogens (tertiary/aromatic N) is 4. The van der Waals surface area contributed by atoms with Crippen LogP contribution in [0.2, 0.25) is 5.02 Å². The molecule has 1 saturated heterocycles. The van der Waals surface area contributed by atoms with E-state index in [0.717, 1.165) is 40.3 Å². The quantitative estimate of drug-likeness (QED) is 0.552. The lowest BCUT2D eigenvalue weighted by Gasteiger charge is -2.34. The third kappa shape index (κ3) is 5.24. The minimum Gasteiger partial charge on any atom is -0.343 e. The van der Waals surface area contributed by atoms with E-state index in [0.29, 0.717) is 19.5 Å². The average molecular weight is 460 g/mol. The number of amides is 2. The molecule has 2 aromatic carbocycles. The van der Waals surface area contributed by atoms with E-state index in [1.165, 1.54) is 16.4 Å². The first-order valence-corrected chi connectivity index (χ1v) is 12.0. The van der Waals surface area contributed by atoms with Crippen molar-refractivity contribution in [3.05, 3.63) is 64.9 Å². The maximum atomic E-state index is 12.6. The Morgan fingerprint density at radius 3 is 2.47 bits per heavy atom. The van der Waals surface area contributed by atoms with Gasteiger partial charge in [0.1, 0.15) is 5.82 Å². The Bertz CT molecular complexity index is 985. The standard InChI is InChI=1S/C21H22ClN5OS2/c1-29-18-8-6-17(7-9-18)23-20(28)26-10-12-27(13-11-26)21-24-19(25-30-21)14-15-2-4-16(22)5-3-15/h2-9H,10-14H2,1H3,(H,23,28). The van der Waals surface area contributed by atoms with Gasteiger partial charge < -0.3 is 15.1 Å². The molecular weight excluding hydrogens is 438 g/mol. The topological polar surface area (TPSA) is 61.4 Å². The van der Waals surface area contributed by atoms with Gasteiger partial charge in [-0.05, 0) is 48.2 Å². The third-order valence-corrected chi connectivity index (χ3v) is 6.72. The van der Waals surface area contributed by atoms with Crippen molar-refractivity contribution in [2.75, 3.05) is 42.7 Å². The van der Waals surface area contributed by atoms with Gasteiger partial charge in [-0.1, -0.05) is 23.7 Å². The number of carbonyl (C=O) groups is 1. The van der Waals surface area contributed by atoms with Gasteiger partial charge in [0, 0.05) is 59.7 Å². The number of hydrogen-bond donors (Lipinski definition) is 1. The summed E-state index contributed by atoms with van der Waals surface area (Å²) in [4.78, 5) is 22.4. The number of urea groups is 1. The molecule has 0 spiro atoms. The Hall–Kier alpha value is -2.29. The van der Waals surface area contributed by atoms with Gasteiger partial charge in [-0.3, -0.25) is 0 Å². The van der Waals surface area contributed by atoms with Crippen LogP contribution in [-0.2, 0) is 6.42 Å². The predicted octanol–water partition coefficient (Wildman–Crippen LogP) is 4.86. The number of nitrogens with one attached hydrogen (secondary N) is 1. The number of aromatic nitrogens is 2. The summed E-state index contributed by atoms with van der Waals surface area (Å²) in [7, 11) is 0. The highest BCUT2D eigenvalue weighted by Gasteiger charge is 2.23. The van der Waals surface area contributed by atoms with Crippen molar-refractivity contribution in [3.63, 3.8) is 0 Å².